The monoisotopic (exact) mass is 582 g/mol. The number of carbonyl (C=O) groups is 1. The fraction of sp³-hybridized carbons (Fsp3) is 0.767. The van der Waals surface area contributed by atoms with Crippen molar-refractivity contribution in [2.75, 3.05) is 27.4 Å². The van der Waals surface area contributed by atoms with Crippen LogP contribution in [0.1, 0.15) is 59.9 Å². The van der Waals surface area contributed by atoms with Gasteiger partial charge in [-0.2, -0.15) is 0 Å². The van der Waals surface area contributed by atoms with E-state index >= 15 is 0 Å². The second kappa shape index (κ2) is 12.9. The SMILES string of the molecule is COc1ccc(COC[C@H](C)CC(=O)[C@@H](O)[C@H]2C[C@H]3OC(C)(C)O[C@H]3[C@](CO[Si](C)(C)C(C)(C)C)(OC)O2)cc1. The Bertz CT molecular complexity index is 974. The number of Topliss-reactive ketones (excluding diaryl/α,β-unsaturated/α-hetero) is 1. The Balaban J connectivity index is 1.64. The van der Waals surface area contributed by atoms with Crippen LogP contribution < -0.4 is 4.74 Å². The van der Waals surface area contributed by atoms with Crippen LogP contribution in [0.2, 0.25) is 18.1 Å². The molecule has 6 atom stereocenters. The van der Waals surface area contributed by atoms with Gasteiger partial charge in [0.05, 0.1) is 32.5 Å². The summed E-state index contributed by atoms with van der Waals surface area (Å²) in [6.07, 6.45) is -2.72. The van der Waals surface area contributed by atoms with Crippen molar-refractivity contribution in [3.05, 3.63) is 29.8 Å². The molecule has 2 aliphatic rings. The molecule has 0 saturated carbocycles. The Hall–Kier alpha value is -1.37. The quantitative estimate of drug-likeness (QED) is 0.327. The highest BCUT2D eigenvalue weighted by Gasteiger charge is 2.60. The predicted molar refractivity (Wildman–Crippen MR) is 154 cm³/mol. The molecule has 0 bridgehead atoms. The first kappa shape index (κ1) is 33.1. The number of fused-ring (bicyclic) bond motifs is 1. The van der Waals surface area contributed by atoms with E-state index < -0.39 is 44.3 Å². The Kier molecular flexibility index (Phi) is 10.7. The number of aliphatic hydroxyl groups excluding tert-OH is 1. The van der Waals surface area contributed by atoms with Gasteiger partial charge in [0.15, 0.2) is 19.9 Å². The average molecular weight is 583 g/mol. The summed E-state index contributed by atoms with van der Waals surface area (Å²) in [5.41, 5.74) is 1.02. The summed E-state index contributed by atoms with van der Waals surface area (Å²) < 4.78 is 42.3. The summed E-state index contributed by atoms with van der Waals surface area (Å²) in [5, 5.41) is 11.1. The largest absolute Gasteiger partial charge is 0.497 e. The van der Waals surface area contributed by atoms with Gasteiger partial charge in [-0.15, -0.1) is 0 Å². The Morgan fingerprint density at radius 3 is 2.35 bits per heavy atom. The fourth-order valence-electron chi connectivity index (χ4n) is 4.84. The van der Waals surface area contributed by atoms with Gasteiger partial charge in [-0.25, -0.2) is 0 Å². The van der Waals surface area contributed by atoms with E-state index in [0.717, 1.165) is 11.3 Å². The summed E-state index contributed by atoms with van der Waals surface area (Å²) in [6.45, 7) is 17.3. The molecular formula is C30H50O9Si. The molecule has 9 nitrogen and oxygen atoms in total. The number of ketones is 1. The van der Waals surface area contributed by atoms with Gasteiger partial charge in [0, 0.05) is 26.6 Å². The van der Waals surface area contributed by atoms with Crippen molar-refractivity contribution in [1.29, 1.82) is 0 Å². The van der Waals surface area contributed by atoms with Gasteiger partial charge < -0.3 is 38.0 Å². The van der Waals surface area contributed by atoms with Crippen LogP contribution in [-0.2, 0) is 39.5 Å². The molecule has 2 saturated heterocycles. The molecule has 0 amide bonds. The van der Waals surface area contributed by atoms with E-state index in [1.165, 1.54) is 0 Å². The first-order valence-corrected chi connectivity index (χ1v) is 17.1. The maximum atomic E-state index is 13.2. The van der Waals surface area contributed by atoms with Crippen molar-refractivity contribution in [1.82, 2.24) is 0 Å². The van der Waals surface area contributed by atoms with Gasteiger partial charge in [-0.05, 0) is 55.6 Å². The Morgan fingerprint density at radius 1 is 1.12 bits per heavy atom. The predicted octanol–water partition coefficient (Wildman–Crippen LogP) is 4.84. The molecule has 3 rings (SSSR count). The second-order valence-electron chi connectivity index (χ2n) is 13.1. The van der Waals surface area contributed by atoms with Crippen molar-refractivity contribution < 1.29 is 42.7 Å². The topological polar surface area (TPSA) is 102 Å². The fourth-order valence-corrected chi connectivity index (χ4v) is 5.84. The molecule has 0 aromatic heterocycles. The van der Waals surface area contributed by atoms with Crippen LogP contribution in [0.4, 0.5) is 0 Å². The minimum Gasteiger partial charge on any atom is -0.497 e. The molecule has 2 aliphatic heterocycles. The van der Waals surface area contributed by atoms with Crippen LogP contribution in [0.3, 0.4) is 0 Å². The number of hydrogen-bond acceptors (Lipinski definition) is 9. The van der Waals surface area contributed by atoms with Crippen LogP contribution in [-0.4, -0.2) is 82.6 Å². The van der Waals surface area contributed by atoms with Crippen molar-refractivity contribution in [2.24, 2.45) is 5.92 Å². The second-order valence-corrected chi connectivity index (χ2v) is 17.9. The van der Waals surface area contributed by atoms with Crippen LogP contribution in [0, 0.1) is 5.92 Å². The van der Waals surface area contributed by atoms with Crippen LogP contribution in [0.25, 0.3) is 0 Å². The molecule has 2 fully saturated rings. The number of hydrogen-bond donors (Lipinski definition) is 1. The van der Waals surface area contributed by atoms with Crippen molar-refractivity contribution in [3.63, 3.8) is 0 Å². The van der Waals surface area contributed by atoms with Crippen molar-refractivity contribution >= 4 is 14.1 Å². The highest BCUT2D eigenvalue weighted by Crippen LogP contribution is 2.45. The molecular weight excluding hydrogens is 532 g/mol. The molecule has 1 aromatic carbocycles. The van der Waals surface area contributed by atoms with E-state index in [0.29, 0.717) is 19.6 Å². The van der Waals surface area contributed by atoms with Crippen LogP contribution >= 0.6 is 0 Å². The van der Waals surface area contributed by atoms with E-state index in [1.807, 2.05) is 45.0 Å². The van der Waals surface area contributed by atoms with E-state index in [2.05, 4.69) is 33.9 Å². The average Bonchev–Trinajstić information content (AvgIpc) is 3.20. The highest BCUT2D eigenvalue weighted by atomic mass is 28.4. The zero-order valence-corrected chi connectivity index (χ0v) is 26.9. The minimum absolute atomic E-state index is 0.0250. The van der Waals surface area contributed by atoms with Gasteiger partial charge in [0.25, 0.3) is 0 Å². The van der Waals surface area contributed by atoms with Gasteiger partial charge in [0.1, 0.15) is 18.0 Å². The lowest BCUT2D eigenvalue weighted by molar-refractivity contribution is -0.336. The lowest BCUT2D eigenvalue weighted by atomic mass is 9.90. The number of aliphatic hydroxyl groups is 1. The highest BCUT2D eigenvalue weighted by molar-refractivity contribution is 6.74. The summed E-state index contributed by atoms with van der Waals surface area (Å²) in [5.74, 6) is -1.80. The number of benzene rings is 1. The number of carbonyl (C=O) groups excluding carboxylic acids is 1. The molecule has 0 radical (unpaired) electrons. The third-order valence-corrected chi connectivity index (χ3v) is 12.8. The molecule has 228 valence electrons. The lowest BCUT2D eigenvalue weighted by Gasteiger charge is -2.48. The molecule has 10 heteroatoms. The smallest absolute Gasteiger partial charge is 0.220 e. The number of methoxy groups -OCH3 is 2. The molecule has 0 spiro atoms. The molecule has 2 heterocycles. The number of rotatable bonds is 13. The van der Waals surface area contributed by atoms with E-state index in [1.54, 1.807) is 14.2 Å². The normalized spacial score (nSPS) is 28.1. The van der Waals surface area contributed by atoms with Crippen LogP contribution in [0.15, 0.2) is 24.3 Å². The first-order chi connectivity index (χ1) is 18.5. The maximum absolute atomic E-state index is 13.2. The van der Waals surface area contributed by atoms with Gasteiger partial charge >= 0.3 is 0 Å². The molecule has 0 aliphatic carbocycles. The summed E-state index contributed by atoms with van der Waals surface area (Å²) in [4.78, 5) is 13.2. The third kappa shape index (κ3) is 7.92. The molecule has 0 unspecified atom stereocenters. The molecule has 1 aromatic rings. The van der Waals surface area contributed by atoms with E-state index in [9.17, 15) is 9.90 Å². The first-order valence-electron chi connectivity index (χ1n) is 14.2. The molecule has 1 N–H and O–H groups in total. The van der Waals surface area contributed by atoms with Gasteiger partial charge in [-0.3, -0.25) is 4.79 Å². The summed E-state index contributed by atoms with van der Waals surface area (Å²) >= 11 is 0. The zero-order valence-electron chi connectivity index (χ0n) is 25.9. The van der Waals surface area contributed by atoms with Crippen molar-refractivity contribution in [2.45, 2.75) is 115 Å². The number of ether oxygens (including phenoxy) is 6. The standard InChI is InChI=1S/C30H50O9Si/c1-20(17-35-18-21-11-13-22(33-7)14-12-21)15-23(31)26(32)24-16-25-27(39-29(5,6)37-25)30(34-8,38-24)19-36-40(9,10)28(2,3)4/h11-14,20,24-27,32H,15-19H2,1-10H3/t20-,24-,25-,26-,27-,30-/m1/s1. The maximum Gasteiger partial charge on any atom is 0.220 e. The summed E-state index contributed by atoms with van der Waals surface area (Å²) in [6, 6.07) is 7.65. The van der Waals surface area contributed by atoms with Crippen molar-refractivity contribution in [3.8, 4) is 5.75 Å². The minimum atomic E-state index is -2.17. The molecule has 40 heavy (non-hydrogen) atoms. The van der Waals surface area contributed by atoms with Crippen LogP contribution in [0.5, 0.6) is 5.75 Å². The zero-order chi connectivity index (χ0) is 29.9. The van der Waals surface area contributed by atoms with Gasteiger partial charge in [0.2, 0.25) is 5.79 Å². The van der Waals surface area contributed by atoms with E-state index in [-0.39, 0.29) is 29.8 Å². The van der Waals surface area contributed by atoms with Gasteiger partial charge in [-0.1, -0.05) is 39.8 Å². The third-order valence-electron chi connectivity index (χ3n) is 8.28. The Labute approximate surface area is 240 Å². The summed E-state index contributed by atoms with van der Waals surface area (Å²) in [7, 11) is 0.996. The Morgan fingerprint density at radius 2 is 1.77 bits per heavy atom. The lowest BCUT2D eigenvalue weighted by Crippen LogP contribution is -2.64. The van der Waals surface area contributed by atoms with E-state index in [4.69, 9.17) is 32.8 Å².